The van der Waals surface area contributed by atoms with Crippen molar-refractivity contribution in [2.45, 2.75) is 24.9 Å². The summed E-state index contributed by atoms with van der Waals surface area (Å²) >= 11 is 6.39. The third-order valence-corrected chi connectivity index (χ3v) is 8.77. The van der Waals surface area contributed by atoms with Crippen LogP contribution in [0.3, 0.4) is 0 Å². The number of carbonyl (C=O) groups is 1. The van der Waals surface area contributed by atoms with Crippen LogP contribution in [0.1, 0.15) is 12.8 Å². The van der Waals surface area contributed by atoms with E-state index in [4.69, 9.17) is 16.3 Å². The smallest absolute Gasteiger partial charge is 0.246 e. The molecule has 0 aliphatic carbocycles. The number of amides is 1. The van der Waals surface area contributed by atoms with Crippen LogP contribution in [-0.2, 0) is 4.79 Å². The minimum absolute atomic E-state index is 0.0502. The van der Waals surface area contributed by atoms with Crippen molar-refractivity contribution >= 4 is 40.5 Å². The van der Waals surface area contributed by atoms with Gasteiger partial charge in [0, 0.05) is 81.5 Å². The number of rotatable bonds is 9. The van der Waals surface area contributed by atoms with E-state index in [1.54, 1.807) is 4.90 Å². The van der Waals surface area contributed by atoms with Crippen LogP contribution in [0.5, 0.6) is 11.6 Å². The molecule has 3 aromatic rings. The second-order valence-corrected chi connectivity index (χ2v) is 11.9. The van der Waals surface area contributed by atoms with Crippen LogP contribution in [0.4, 0.5) is 23.0 Å². The molecule has 0 unspecified atom stereocenters. The number of piperidine rings is 1. The maximum absolute atomic E-state index is 11.7. The van der Waals surface area contributed by atoms with Gasteiger partial charge in [0.25, 0.3) is 0 Å². The van der Waals surface area contributed by atoms with Crippen molar-refractivity contribution < 1.29 is 9.53 Å². The van der Waals surface area contributed by atoms with Crippen molar-refractivity contribution in [3.8, 4) is 11.6 Å². The lowest BCUT2D eigenvalue weighted by molar-refractivity contribution is -0.129. The molecule has 0 radical (unpaired) electrons. The lowest BCUT2D eigenvalue weighted by Crippen LogP contribution is -2.56. The average molecular weight is 603 g/mol. The molecule has 43 heavy (non-hydrogen) atoms. The Hall–Kier alpha value is -3.86. The highest BCUT2D eigenvalue weighted by Gasteiger charge is 2.29. The number of anilines is 4. The molecule has 10 nitrogen and oxygen atoms in total. The summed E-state index contributed by atoms with van der Waals surface area (Å²) in [6.07, 6.45) is 5.29. The van der Waals surface area contributed by atoms with E-state index in [-0.39, 0.29) is 17.8 Å². The Morgan fingerprint density at radius 1 is 1.02 bits per heavy atom. The molecule has 1 aromatic heterocycles. The van der Waals surface area contributed by atoms with Gasteiger partial charge < -0.3 is 30.1 Å². The Morgan fingerprint density at radius 3 is 2.49 bits per heavy atom. The van der Waals surface area contributed by atoms with E-state index >= 15 is 0 Å². The maximum Gasteiger partial charge on any atom is 0.246 e. The Balaban J connectivity index is 1.02. The molecule has 2 N–H and O–H groups in total. The molecule has 0 atom stereocenters. The highest BCUT2D eigenvalue weighted by Crippen LogP contribution is 2.31. The molecular weight excluding hydrogens is 564 g/mol. The van der Waals surface area contributed by atoms with Crippen LogP contribution < -0.4 is 20.3 Å². The summed E-state index contributed by atoms with van der Waals surface area (Å²) in [6, 6.07) is 16.9. The van der Waals surface area contributed by atoms with Crippen molar-refractivity contribution in [3.05, 3.63) is 72.4 Å². The molecule has 0 spiro atoms. The van der Waals surface area contributed by atoms with E-state index in [2.05, 4.69) is 73.2 Å². The highest BCUT2D eigenvalue weighted by molar-refractivity contribution is 6.31. The van der Waals surface area contributed by atoms with E-state index in [9.17, 15) is 4.79 Å². The van der Waals surface area contributed by atoms with Crippen LogP contribution in [-0.4, -0.2) is 102 Å². The highest BCUT2D eigenvalue weighted by atomic mass is 35.5. The molecule has 0 bridgehead atoms. The molecule has 3 fully saturated rings. The average Bonchev–Trinajstić information content (AvgIpc) is 3.01. The van der Waals surface area contributed by atoms with Crippen LogP contribution >= 0.6 is 11.6 Å². The summed E-state index contributed by atoms with van der Waals surface area (Å²) < 4.78 is 6.04. The maximum atomic E-state index is 11.7. The number of carbonyl (C=O) groups excluding carboxylic acids is 1. The number of nitrogens with one attached hydrogen (secondary N) is 2. The fourth-order valence-electron chi connectivity index (χ4n) is 5.92. The molecule has 226 valence electrons. The Kier molecular flexibility index (Phi) is 8.97. The molecule has 2 aromatic carbocycles. The molecule has 0 saturated carbocycles. The predicted molar refractivity (Wildman–Crippen MR) is 172 cm³/mol. The van der Waals surface area contributed by atoms with Gasteiger partial charge in [-0.15, -0.1) is 0 Å². The van der Waals surface area contributed by atoms with E-state index < -0.39 is 0 Å². The quantitative estimate of drug-likeness (QED) is 0.339. The number of halogens is 1. The number of ether oxygens (including phenoxy) is 1. The van der Waals surface area contributed by atoms with Crippen LogP contribution in [0.2, 0.25) is 5.02 Å². The van der Waals surface area contributed by atoms with Gasteiger partial charge in [-0.3, -0.25) is 9.69 Å². The van der Waals surface area contributed by atoms with Crippen molar-refractivity contribution in [1.82, 2.24) is 24.7 Å². The van der Waals surface area contributed by atoms with E-state index in [0.717, 1.165) is 24.5 Å². The molecule has 3 aliphatic heterocycles. The first kappa shape index (κ1) is 29.2. The second-order valence-electron chi connectivity index (χ2n) is 11.5. The third kappa shape index (κ3) is 7.21. The second kappa shape index (κ2) is 13.2. The minimum Gasteiger partial charge on any atom is -0.437 e. The van der Waals surface area contributed by atoms with Crippen molar-refractivity contribution in [3.63, 3.8) is 0 Å². The van der Waals surface area contributed by atoms with Gasteiger partial charge in [-0.1, -0.05) is 24.2 Å². The van der Waals surface area contributed by atoms with Gasteiger partial charge in [-0.05, 0) is 62.4 Å². The SMILES string of the molecule is C=CC(=O)N1CC(Nc2cccc(Oc3nc(Nc4ccc(N5CCC(N6CCN(C)CC6)CC5)cc4)ncc3Cl)c2)C1. The molecular formula is C32H39ClN8O2. The van der Waals surface area contributed by atoms with Gasteiger partial charge in [-0.25, -0.2) is 4.98 Å². The summed E-state index contributed by atoms with van der Waals surface area (Å²) in [4.78, 5) is 29.9. The standard InChI is InChI=1S/C32H39ClN8O2/c1-3-30(42)41-21-25(22-41)35-24-5-4-6-28(19-24)43-31-29(33)20-34-32(37-31)36-23-7-9-26(10-8-23)39-13-11-27(12-14-39)40-17-15-38(2)16-18-40/h3-10,19-20,25,27,35H,1,11-18,21-22H2,2H3,(H,34,36,37). The summed E-state index contributed by atoms with van der Waals surface area (Å²) in [5.74, 6) is 1.21. The zero-order valence-electron chi connectivity index (χ0n) is 24.6. The fraction of sp³-hybridized carbons (Fsp3) is 0.406. The monoisotopic (exact) mass is 602 g/mol. The molecule has 3 saturated heterocycles. The van der Waals surface area contributed by atoms with E-state index in [1.165, 1.54) is 57.0 Å². The first-order valence-electron chi connectivity index (χ1n) is 15.0. The first-order valence-corrected chi connectivity index (χ1v) is 15.3. The number of benzene rings is 2. The lowest BCUT2D eigenvalue weighted by Gasteiger charge is -2.42. The number of hydrogen-bond acceptors (Lipinski definition) is 9. The largest absolute Gasteiger partial charge is 0.437 e. The lowest BCUT2D eigenvalue weighted by atomic mass is 10.0. The van der Waals surface area contributed by atoms with Crippen LogP contribution in [0.25, 0.3) is 0 Å². The normalized spacial score (nSPS) is 18.7. The molecule has 6 rings (SSSR count). The third-order valence-electron chi connectivity index (χ3n) is 8.51. The van der Waals surface area contributed by atoms with Crippen LogP contribution in [0, 0.1) is 0 Å². The van der Waals surface area contributed by atoms with E-state index in [0.29, 0.717) is 35.9 Å². The molecule has 4 heterocycles. The van der Waals surface area contributed by atoms with E-state index in [1.807, 2.05) is 24.3 Å². The Morgan fingerprint density at radius 2 is 1.77 bits per heavy atom. The van der Waals surface area contributed by atoms with Crippen molar-refractivity contribution in [1.29, 1.82) is 0 Å². The number of aromatic nitrogens is 2. The fourth-order valence-corrected chi connectivity index (χ4v) is 6.05. The van der Waals surface area contributed by atoms with Gasteiger partial charge in [0.2, 0.25) is 17.7 Å². The number of likely N-dealkylation sites (tertiary alicyclic amines) is 1. The zero-order chi connectivity index (χ0) is 29.8. The molecule has 11 heteroatoms. The van der Waals surface area contributed by atoms with Gasteiger partial charge in [0.05, 0.1) is 12.2 Å². The summed E-state index contributed by atoms with van der Waals surface area (Å²) in [5, 5.41) is 7.01. The predicted octanol–water partition coefficient (Wildman–Crippen LogP) is 4.69. The van der Waals surface area contributed by atoms with Crippen LogP contribution in [0.15, 0.2) is 67.4 Å². The number of nitrogens with zero attached hydrogens (tertiary/aromatic N) is 6. The first-order chi connectivity index (χ1) is 20.9. The Bertz CT molecular complexity index is 1420. The summed E-state index contributed by atoms with van der Waals surface area (Å²) in [6.45, 7) is 11.7. The number of piperazine rings is 1. The Labute approximate surface area is 258 Å². The van der Waals surface area contributed by atoms with Crippen molar-refractivity contribution in [2.75, 3.05) is 74.9 Å². The van der Waals surface area contributed by atoms with Gasteiger partial charge in [0.1, 0.15) is 10.8 Å². The summed E-state index contributed by atoms with van der Waals surface area (Å²) in [5.41, 5.74) is 3.01. The number of likely N-dealkylation sites (N-methyl/N-ethyl adjacent to an activating group) is 1. The van der Waals surface area contributed by atoms with Crippen molar-refractivity contribution in [2.24, 2.45) is 0 Å². The van der Waals surface area contributed by atoms with Gasteiger partial charge in [0.15, 0.2) is 0 Å². The minimum atomic E-state index is -0.0502. The number of hydrogen-bond donors (Lipinski definition) is 2. The zero-order valence-corrected chi connectivity index (χ0v) is 25.3. The van der Waals surface area contributed by atoms with Gasteiger partial charge in [-0.2, -0.15) is 4.98 Å². The van der Waals surface area contributed by atoms with Gasteiger partial charge >= 0.3 is 0 Å². The molecule has 1 amide bonds. The topological polar surface area (TPSA) is 89.1 Å². The summed E-state index contributed by atoms with van der Waals surface area (Å²) in [7, 11) is 2.21. The molecule has 3 aliphatic rings.